The van der Waals surface area contributed by atoms with Gasteiger partial charge in [-0.15, -0.1) is 0 Å². The number of hydrogen-bond acceptors (Lipinski definition) is 5. The van der Waals surface area contributed by atoms with Crippen LogP contribution in [0.4, 0.5) is 16.3 Å². The van der Waals surface area contributed by atoms with Crippen LogP contribution >= 0.6 is 0 Å². The number of nitrogens with one attached hydrogen (secondary N) is 2. The molecule has 0 atom stereocenters. The van der Waals surface area contributed by atoms with Gasteiger partial charge in [-0.2, -0.15) is 0 Å². The van der Waals surface area contributed by atoms with E-state index in [0.717, 1.165) is 11.3 Å². The molecule has 0 saturated heterocycles. The molecule has 2 heterocycles. The molecule has 0 spiro atoms. The van der Waals surface area contributed by atoms with Gasteiger partial charge in [-0.25, -0.2) is 4.79 Å². The van der Waals surface area contributed by atoms with Crippen molar-refractivity contribution in [2.24, 2.45) is 0 Å². The summed E-state index contributed by atoms with van der Waals surface area (Å²) in [6.07, 6.45) is 0. The molecule has 0 bridgehead atoms. The van der Waals surface area contributed by atoms with Crippen LogP contribution in [0, 0.1) is 0 Å². The van der Waals surface area contributed by atoms with Crippen molar-refractivity contribution in [1.29, 1.82) is 0 Å². The molecule has 0 unspecified atom stereocenters. The number of fused-ring (bicyclic) bond motifs is 3. The number of nitrogens with zero attached hydrogens (tertiary/aromatic N) is 1. The molecule has 0 fully saturated rings. The summed E-state index contributed by atoms with van der Waals surface area (Å²) in [6.45, 7) is 0.282. The summed E-state index contributed by atoms with van der Waals surface area (Å²) >= 11 is 0. The molecule has 7 nitrogen and oxygen atoms in total. The van der Waals surface area contributed by atoms with Crippen LogP contribution in [0.15, 0.2) is 53.1 Å². The predicted molar refractivity (Wildman–Crippen MR) is 91.9 cm³/mol. The third-order valence-electron chi connectivity index (χ3n) is 3.85. The van der Waals surface area contributed by atoms with Crippen LogP contribution in [0.5, 0.6) is 11.5 Å². The van der Waals surface area contributed by atoms with Gasteiger partial charge in [0.1, 0.15) is 18.1 Å². The van der Waals surface area contributed by atoms with E-state index in [1.54, 1.807) is 31.4 Å². The van der Waals surface area contributed by atoms with Crippen LogP contribution in [0.3, 0.4) is 0 Å². The molecular formula is C18H15N3O4. The van der Waals surface area contributed by atoms with Crippen molar-refractivity contribution in [3.05, 3.63) is 54.1 Å². The van der Waals surface area contributed by atoms with E-state index >= 15 is 0 Å². The Balaban J connectivity index is 1.53. The fraction of sp³-hybridized carbons (Fsp3) is 0.111. The Bertz CT molecular complexity index is 936. The number of hydrogen-bond donors (Lipinski definition) is 2. The van der Waals surface area contributed by atoms with E-state index in [1.807, 2.05) is 24.3 Å². The molecule has 1 aliphatic rings. The molecule has 25 heavy (non-hydrogen) atoms. The lowest BCUT2D eigenvalue weighted by molar-refractivity contribution is 0.262. The lowest BCUT2D eigenvalue weighted by Crippen LogP contribution is -2.21. The van der Waals surface area contributed by atoms with Gasteiger partial charge in [0.15, 0.2) is 11.6 Å². The third kappa shape index (κ3) is 2.87. The molecule has 1 aliphatic heterocycles. The van der Waals surface area contributed by atoms with Crippen LogP contribution in [0.1, 0.15) is 5.56 Å². The van der Waals surface area contributed by atoms with Crippen LogP contribution in [0.2, 0.25) is 0 Å². The smallest absolute Gasteiger partial charge is 0.324 e. The minimum Gasteiger partial charge on any atom is -0.497 e. The number of carbonyl (C=O) groups excluding carboxylic acids is 1. The minimum absolute atomic E-state index is 0.282. The van der Waals surface area contributed by atoms with Gasteiger partial charge in [0.25, 0.3) is 0 Å². The van der Waals surface area contributed by atoms with Gasteiger partial charge < -0.3 is 19.3 Å². The number of urea groups is 1. The Morgan fingerprint density at radius 2 is 2.04 bits per heavy atom. The van der Waals surface area contributed by atoms with E-state index in [9.17, 15) is 4.79 Å². The predicted octanol–water partition coefficient (Wildman–Crippen LogP) is 3.89. The highest BCUT2D eigenvalue weighted by Gasteiger charge is 2.26. The van der Waals surface area contributed by atoms with E-state index < -0.39 is 6.03 Å². The van der Waals surface area contributed by atoms with Crippen molar-refractivity contribution < 1.29 is 18.8 Å². The zero-order valence-corrected chi connectivity index (χ0v) is 13.4. The summed E-state index contributed by atoms with van der Waals surface area (Å²) in [4.78, 5) is 12.2. The average molecular weight is 337 g/mol. The number of para-hydroxylation sites is 1. The Kier molecular flexibility index (Phi) is 3.74. The van der Waals surface area contributed by atoms with Crippen molar-refractivity contribution in [3.63, 3.8) is 0 Å². The summed E-state index contributed by atoms with van der Waals surface area (Å²) in [6, 6.07) is 14.2. The van der Waals surface area contributed by atoms with Crippen LogP contribution in [0.25, 0.3) is 11.3 Å². The maximum atomic E-state index is 12.2. The first-order valence-electron chi connectivity index (χ1n) is 7.67. The number of carbonyl (C=O) groups is 1. The number of ether oxygens (including phenoxy) is 2. The normalized spacial score (nSPS) is 11.7. The topological polar surface area (TPSA) is 85.6 Å². The van der Waals surface area contributed by atoms with Crippen molar-refractivity contribution in [2.75, 3.05) is 17.7 Å². The molecule has 4 rings (SSSR count). The third-order valence-corrected chi connectivity index (χ3v) is 3.85. The van der Waals surface area contributed by atoms with E-state index in [0.29, 0.717) is 28.6 Å². The largest absolute Gasteiger partial charge is 0.497 e. The number of methoxy groups -OCH3 is 1. The molecule has 0 radical (unpaired) electrons. The molecule has 7 heteroatoms. The zero-order valence-electron chi connectivity index (χ0n) is 13.4. The molecule has 2 aromatic carbocycles. The monoisotopic (exact) mass is 337 g/mol. The van der Waals surface area contributed by atoms with Gasteiger partial charge in [0.05, 0.1) is 18.2 Å². The molecule has 0 aliphatic carbocycles. The Morgan fingerprint density at radius 1 is 1.16 bits per heavy atom. The fourth-order valence-corrected chi connectivity index (χ4v) is 2.65. The van der Waals surface area contributed by atoms with Gasteiger partial charge in [0, 0.05) is 11.8 Å². The summed E-state index contributed by atoms with van der Waals surface area (Å²) in [5.41, 5.74) is 2.13. The highest BCUT2D eigenvalue weighted by molar-refractivity contribution is 6.00. The standard InChI is InChI=1S/C18H15N3O4/c1-23-12-6-4-5-11(9-12)19-18(22)20-17-14-10-24-15-8-3-2-7-13(15)16(14)25-21-17/h2-9H,10H2,1H3,(H2,19,20,21,22). The van der Waals surface area contributed by atoms with Gasteiger partial charge in [-0.3, -0.25) is 5.32 Å². The molecular weight excluding hydrogens is 322 g/mol. The van der Waals surface area contributed by atoms with E-state index in [4.69, 9.17) is 14.0 Å². The number of amides is 2. The van der Waals surface area contributed by atoms with Gasteiger partial charge in [0.2, 0.25) is 0 Å². The van der Waals surface area contributed by atoms with E-state index in [2.05, 4.69) is 15.8 Å². The first-order chi connectivity index (χ1) is 12.2. The van der Waals surface area contributed by atoms with E-state index in [-0.39, 0.29) is 6.61 Å². The molecule has 126 valence electrons. The summed E-state index contributed by atoms with van der Waals surface area (Å²) in [7, 11) is 1.57. The van der Waals surface area contributed by atoms with Crippen LogP contribution < -0.4 is 20.1 Å². The Hall–Kier alpha value is -3.48. The molecule has 0 saturated carbocycles. The Morgan fingerprint density at radius 3 is 2.92 bits per heavy atom. The van der Waals surface area contributed by atoms with Crippen molar-refractivity contribution in [1.82, 2.24) is 5.16 Å². The van der Waals surface area contributed by atoms with Gasteiger partial charge >= 0.3 is 6.03 Å². The highest BCUT2D eigenvalue weighted by atomic mass is 16.5. The van der Waals surface area contributed by atoms with Gasteiger partial charge in [-0.05, 0) is 24.3 Å². The van der Waals surface area contributed by atoms with Crippen LogP contribution in [-0.4, -0.2) is 18.3 Å². The summed E-state index contributed by atoms with van der Waals surface area (Å²) in [5, 5.41) is 9.38. The molecule has 2 N–H and O–H groups in total. The van der Waals surface area contributed by atoms with Crippen molar-refractivity contribution >= 4 is 17.5 Å². The fourth-order valence-electron chi connectivity index (χ4n) is 2.65. The second kappa shape index (κ2) is 6.20. The molecule has 1 aromatic heterocycles. The SMILES string of the molecule is COc1cccc(NC(=O)Nc2noc3c2COc2ccccc2-3)c1. The summed E-state index contributed by atoms with van der Waals surface area (Å²) < 4.78 is 16.2. The van der Waals surface area contributed by atoms with Crippen molar-refractivity contribution in [2.45, 2.75) is 6.61 Å². The first kappa shape index (κ1) is 15.1. The minimum atomic E-state index is -0.428. The highest BCUT2D eigenvalue weighted by Crippen LogP contribution is 2.40. The zero-order chi connectivity index (χ0) is 17.2. The lowest BCUT2D eigenvalue weighted by Gasteiger charge is -2.16. The quantitative estimate of drug-likeness (QED) is 0.757. The van der Waals surface area contributed by atoms with E-state index in [1.165, 1.54) is 0 Å². The van der Waals surface area contributed by atoms with Crippen LogP contribution in [-0.2, 0) is 6.61 Å². The number of anilines is 2. The molecule has 2 amide bonds. The van der Waals surface area contributed by atoms with Gasteiger partial charge in [-0.1, -0.05) is 23.4 Å². The number of benzene rings is 2. The second-order valence-electron chi connectivity index (χ2n) is 5.43. The average Bonchev–Trinajstić information content (AvgIpc) is 3.05. The first-order valence-corrected chi connectivity index (χ1v) is 7.67. The summed E-state index contributed by atoms with van der Waals surface area (Å²) in [5.74, 6) is 2.34. The number of rotatable bonds is 3. The second-order valence-corrected chi connectivity index (χ2v) is 5.43. The lowest BCUT2D eigenvalue weighted by atomic mass is 10.1. The van der Waals surface area contributed by atoms with Crippen molar-refractivity contribution in [3.8, 4) is 22.8 Å². The number of aromatic nitrogens is 1. The maximum absolute atomic E-state index is 12.2. The molecule has 3 aromatic rings. The Labute approximate surface area is 143 Å². The maximum Gasteiger partial charge on any atom is 0.324 e.